The summed E-state index contributed by atoms with van der Waals surface area (Å²) in [6, 6.07) is 15.4. The summed E-state index contributed by atoms with van der Waals surface area (Å²) in [6.45, 7) is 6.59. The molecule has 2 N–H and O–H groups in total. The molecule has 5 heteroatoms. The second-order valence-electron chi connectivity index (χ2n) is 6.51. The molecule has 4 nitrogen and oxygen atoms in total. The molecule has 1 heterocycles. The maximum absolute atomic E-state index is 13.3. The van der Waals surface area contributed by atoms with Gasteiger partial charge in [-0.3, -0.25) is 0 Å². The van der Waals surface area contributed by atoms with Crippen molar-refractivity contribution in [3.8, 4) is 0 Å². The molecule has 0 fully saturated rings. The van der Waals surface area contributed by atoms with Crippen molar-refractivity contribution < 1.29 is 8.42 Å². The van der Waals surface area contributed by atoms with E-state index < -0.39 is 15.3 Å². The van der Waals surface area contributed by atoms with Crippen LogP contribution in [-0.4, -0.2) is 18.8 Å². The average Bonchev–Trinajstić information content (AvgIpc) is 2.62. The maximum Gasteiger partial charge on any atom is 0.225 e. The number of nitrogens with zero attached hydrogens (tertiary/aromatic N) is 1. The number of hydrogen-bond donors (Lipinski definition) is 1. The van der Waals surface area contributed by atoms with Crippen molar-refractivity contribution >= 4 is 10.0 Å². The average molecular weight is 356 g/mol. The minimum absolute atomic E-state index is 0.0781. The van der Waals surface area contributed by atoms with Crippen molar-refractivity contribution in [3.63, 3.8) is 0 Å². The molecular weight excluding hydrogens is 332 g/mol. The summed E-state index contributed by atoms with van der Waals surface area (Å²) in [6.07, 6.45) is 2.24. The van der Waals surface area contributed by atoms with E-state index in [1.165, 1.54) is 11.6 Å². The number of benzene rings is 2. The quantitative estimate of drug-likeness (QED) is 0.837. The van der Waals surface area contributed by atoms with Crippen LogP contribution in [0.2, 0.25) is 0 Å². The van der Waals surface area contributed by atoms with Crippen molar-refractivity contribution in [1.82, 2.24) is 4.31 Å². The number of fused-ring (bicyclic) bond motifs is 1. The molecular formula is C20H24N2O2S. The van der Waals surface area contributed by atoms with Crippen LogP contribution in [0.5, 0.6) is 0 Å². The van der Waals surface area contributed by atoms with Gasteiger partial charge in [0.05, 0.1) is 0 Å². The van der Waals surface area contributed by atoms with E-state index in [-0.39, 0.29) is 6.04 Å². The lowest BCUT2D eigenvalue weighted by atomic mass is 9.97. The van der Waals surface area contributed by atoms with Gasteiger partial charge in [0.15, 0.2) is 0 Å². The zero-order valence-electron chi connectivity index (χ0n) is 14.4. The first kappa shape index (κ1) is 17.9. The van der Waals surface area contributed by atoms with Crippen molar-refractivity contribution in [2.75, 3.05) is 0 Å². The molecule has 0 aromatic heterocycles. The van der Waals surface area contributed by atoms with E-state index in [2.05, 4.69) is 12.6 Å². The maximum atomic E-state index is 13.3. The molecule has 132 valence electrons. The van der Waals surface area contributed by atoms with E-state index in [4.69, 9.17) is 5.73 Å². The molecule has 2 aromatic carbocycles. The number of nitrogens with two attached hydrogens (primary N) is 1. The molecule has 0 spiro atoms. The molecule has 2 aromatic rings. The molecule has 2 atom stereocenters. The Hall–Kier alpha value is -1.95. The summed E-state index contributed by atoms with van der Waals surface area (Å²) in [5, 5.41) is -0.757. The Bertz CT molecular complexity index is 860. The standard InChI is InChI=1S/C20H24N2O2S/c1-3-20(17-10-8-16(13-21)9-11-17)25(23,24)22-14-19-7-5-4-6-18(19)12-15(22)2/h3-11,15,20H,1,12-14,21H2,2H3/t15-,20?/m1/s1. The van der Waals surface area contributed by atoms with Crippen LogP contribution in [0.25, 0.3) is 0 Å². The van der Waals surface area contributed by atoms with Crippen molar-refractivity contribution in [1.29, 1.82) is 0 Å². The summed E-state index contributed by atoms with van der Waals surface area (Å²) in [5.41, 5.74) is 9.63. The van der Waals surface area contributed by atoms with Crippen LogP contribution in [0.4, 0.5) is 0 Å². The van der Waals surface area contributed by atoms with E-state index in [1.54, 1.807) is 4.31 Å². The predicted octanol–water partition coefficient (Wildman–Crippen LogP) is 3.15. The Labute approximate surface area is 150 Å². The van der Waals surface area contributed by atoms with Gasteiger partial charge in [-0.2, -0.15) is 4.31 Å². The van der Waals surface area contributed by atoms with E-state index in [1.807, 2.05) is 49.4 Å². The van der Waals surface area contributed by atoms with Crippen LogP contribution >= 0.6 is 0 Å². The lowest BCUT2D eigenvalue weighted by Crippen LogP contribution is -2.44. The predicted molar refractivity (Wildman–Crippen MR) is 101 cm³/mol. The summed E-state index contributed by atoms with van der Waals surface area (Å²) in [7, 11) is -3.55. The van der Waals surface area contributed by atoms with Crippen LogP contribution in [0, 0.1) is 0 Å². The van der Waals surface area contributed by atoms with Gasteiger partial charge in [0.1, 0.15) is 5.25 Å². The molecule has 0 bridgehead atoms. The first-order chi connectivity index (χ1) is 12.0. The van der Waals surface area contributed by atoms with Gasteiger partial charge >= 0.3 is 0 Å². The number of hydrogen-bond acceptors (Lipinski definition) is 3. The van der Waals surface area contributed by atoms with E-state index in [0.717, 1.165) is 23.1 Å². The van der Waals surface area contributed by atoms with Gasteiger partial charge in [0.2, 0.25) is 10.0 Å². The molecule has 0 amide bonds. The molecule has 0 radical (unpaired) electrons. The van der Waals surface area contributed by atoms with Gasteiger partial charge in [-0.25, -0.2) is 8.42 Å². The van der Waals surface area contributed by atoms with Gasteiger partial charge in [0, 0.05) is 19.1 Å². The number of sulfonamides is 1. The summed E-state index contributed by atoms with van der Waals surface area (Å²) in [5.74, 6) is 0. The second-order valence-corrected chi connectivity index (χ2v) is 8.52. The smallest absolute Gasteiger partial charge is 0.225 e. The zero-order valence-corrected chi connectivity index (χ0v) is 15.2. The van der Waals surface area contributed by atoms with Crippen LogP contribution in [0.15, 0.2) is 61.2 Å². The first-order valence-corrected chi connectivity index (χ1v) is 9.96. The van der Waals surface area contributed by atoms with E-state index in [0.29, 0.717) is 13.1 Å². The van der Waals surface area contributed by atoms with E-state index >= 15 is 0 Å². The highest BCUT2D eigenvalue weighted by Gasteiger charge is 2.37. The van der Waals surface area contributed by atoms with Crippen LogP contribution < -0.4 is 5.73 Å². The van der Waals surface area contributed by atoms with E-state index in [9.17, 15) is 8.42 Å². The SMILES string of the molecule is C=CC(c1ccc(CN)cc1)S(=O)(=O)N1Cc2ccccc2C[C@H]1C. The number of rotatable bonds is 5. The third kappa shape index (κ3) is 3.40. The summed E-state index contributed by atoms with van der Waals surface area (Å²) in [4.78, 5) is 0. The topological polar surface area (TPSA) is 63.4 Å². The fourth-order valence-electron chi connectivity index (χ4n) is 3.41. The monoisotopic (exact) mass is 356 g/mol. The van der Waals surface area contributed by atoms with Crippen molar-refractivity contribution in [2.45, 2.75) is 37.7 Å². The van der Waals surface area contributed by atoms with Gasteiger partial charge in [-0.05, 0) is 35.6 Å². The Kier molecular flexibility index (Phi) is 5.08. The molecule has 0 aliphatic carbocycles. The van der Waals surface area contributed by atoms with Crippen LogP contribution in [-0.2, 0) is 29.5 Å². The van der Waals surface area contributed by atoms with Crippen molar-refractivity contribution in [2.24, 2.45) is 5.73 Å². The van der Waals surface area contributed by atoms with Gasteiger partial charge < -0.3 is 5.73 Å². The summed E-state index contributed by atoms with van der Waals surface area (Å²) < 4.78 is 28.3. The lowest BCUT2D eigenvalue weighted by molar-refractivity contribution is 0.307. The normalized spacial score (nSPS) is 19.2. The van der Waals surface area contributed by atoms with Crippen LogP contribution in [0.1, 0.15) is 34.4 Å². The molecule has 0 saturated carbocycles. The minimum atomic E-state index is -3.55. The first-order valence-electron chi connectivity index (χ1n) is 8.46. The fourth-order valence-corrected chi connectivity index (χ4v) is 5.35. The van der Waals surface area contributed by atoms with Crippen LogP contribution in [0.3, 0.4) is 0 Å². The third-order valence-electron chi connectivity index (χ3n) is 4.86. The molecule has 25 heavy (non-hydrogen) atoms. The Morgan fingerprint density at radius 2 is 1.84 bits per heavy atom. The molecule has 1 unspecified atom stereocenters. The fraction of sp³-hybridized carbons (Fsp3) is 0.300. The largest absolute Gasteiger partial charge is 0.326 e. The second kappa shape index (κ2) is 7.12. The Morgan fingerprint density at radius 3 is 2.44 bits per heavy atom. The molecule has 3 rings (SSSR count). The molecule has 1 aliphatic rings. The zero-order chi connectivity index (χ0) is 18.0. The van der Waals surface area contributed by atoms with Gasteiger partial charge in [0.25, 0.3) is 0 Å². The lowest BCUT2D eigenvalue weighted by Gasteiger charge is -2.36. The third-order valence-corrected chi connectivity index (χ3v) is 7.11. The minimum Gasteiger partial charge on any atom is -0.326 e. The highest BCUT2D eigenvalue weighted by molar-refractivity contribution is 7.89. The molecule has 1 aliphatic heterocycles. The Morgan fingerprint density at radius 1 is 1.20 bits per heavy atom. The Balaban J connectivity index is 1.94. The summed E-state index contributed by atoms with van der Waals surface area (Å²) >= 11 is 0. The van der Waals surface area contributed by atoms with Gasteiger partial charge in [-0.1, -0.05) is 54.6 Å². The van der Waals surface area contributed by atoms with Gasteiger partial charge in [-0.15, -0.1) is 6.58 Å². The van der Waals surface area contributed by atoms with Crippen molar-refractivity contribution in [3.05, 3.63) is 83.4 Å². The highest BCUT2D eigenvalue weighted by atomic mass is 32.2. The molecule has 0 saturated heterocycles. The highest BCUT2D eigenvalue weighted by Crippen LogP contribution is 2.33.